The maximum Gasteiger partial charge on any atom is 0.225 e. The summed E-state index contributed by atoms with van der Waals surface area (Å²) in [6.07, 6.45) is 8.98. The molecule has 0 aliphatic carbocycles. The predicted molar refractivity (Wildman–Crippen MR) is 55.7 cm³/mol. The molecule has 2 rings (SSSR count). The molecule has 13 heavy (non-hydrogen) atoms. The van der Waals surface area contributed by atoms with Gasteiger partial charge < -0.3 is 4.90 Å². The first-order valence-corrected chi connectivity index (χ1v) is 5.03. The minimum absolute atomic E-state index is 0.813. The first kappa shape index (κ1) is 8.69. The molecule has 0 fully saturated rings. The van der Waals surface area contributed by atoms with Gasteiger partial charge in [-0.25, -0.2) is 9.97 Å². The lowest BCUT2D eigenvalue weighted by atomic mass is 10.3. The molecular formula is C9H10BrN3. The summed E-state index contributed by atoms with van der Waals surface area (Å²) in [6.45, 7) is 1.93. The molecule has 0 amide bonds. The van der Waals surface area contributed by atoms with Crippen LogP contribution in [0.3, 0.4) is 0 Å². The second kappa shape index (κ2) is 3.87. The average Bonchev–Trinajstić information content (AvgIpc) is 2.20. The van der Waals surface area contributed by atoms with Gasteiger partial charge in [0.05, 0.1) is 4.47 Å². The van der Waals surface area contributed by atoms with Gasteiger partial charge in [-0.05, 0) is 22.4 Å². The fraction of sp³-hybridized carbons (Fsp3) is 0.333. The van der Waals surface area contributed by atoms with Gasteiger partial charge in [-0.2, -0.15) is 0 Å². The topological polar surface area (TPSA) is 29.0 Å². The first-order chi connectivity index (χ1) is 6.36. The van der Waals surface area contributed by atoms with E-state index < -0.39 is 0 Å². The summed E-state index contributed by atoms with van der Waals surface area (Å²) in [5.74, 6) is 0.813. The van der Waals surface area contributed by atoms with E-state index in [1.165, 1.54) is 0 Å². The Morgan fingerprint density at radius 2 is 2.00 bits per heavy atom. The van der Waals surface area contributed by atoms with Crippen LogP contribution in [0.1, 0.15) is 6.42 Å². The van der Waals surface area contributed by atoms with Crippen LogP contribution >= 0.6 is 15.9 Å². The molecule has 0 aromatic carbocycles. The molecule has 1 aliphatic rings. The third kappa shape index (κ3) is 2.06. The molecule has 1 aromatic rings. The van der Waals surface area contributed by atoms with Gasteiger partial charge in [0.2, 0.25) is 5.95 Å². The molecule has 0 atom stereocenters. The average molecular weight is 240 g/mol. The van der Waals surface area contributed by atoms with E-state index in [-0.39, 0.29) is 0 Å². The van der Waals surface area contributed by atoms with Gasteiger partial charge >= 0.3 is 0 Å². The Morgan fingerprint density at radius 3 is 2.62 bits per heavy atom. The number of rotatable bonds is 1. The molecule has 2 heterocycles. The van der Waals surface area contributed by atoms with Crippen LogP contribution in [0, 0.1) is 0 Å². The molecule has 0 spiro atoms. The molecule has 1 aliphatic heterocycles. The van der Waals surface area contributed by atoms with Gasteiger partial charge in [-0.1, -0.05) is 12.2 Å². The lowest BCUT2D eigenvalue weighted by Crippen LogP contribution is -2.28. The number of aromatic nitrogens is 2. The van der Waals surface area contributed by atoms with Gasteiger partial charge in [0, 0.05) is 25.5 Å². The van der Waals surface area contributed by atoms with E-state index >= 15 is 0 Å². The highest BCUT2D eigenvalue weighted by Crippen LogP contribution is 2.13. The quantitative estimate of drug-likeness (QED) is 0.703. The lowest BCUT2D eigenvalue weighted by Gasteiger charge is -2.22. The summed E-state index contributed by atoms with van der Waals surface area (Å²) in [6, 6.07) is 0. The number of anilines is 1. The Labute approximate surface area is 85.6 Å². The Morgan fingerprint density at radius 1 is 1.23 bits per heavy atom. The van der Waals surface area contributed by atoms with E-state index in [0.29, 0.717) is 0 Å². The molecule has 68 valence electrons. The zero-order chi connectivity index (χ0) is 9.10. The van der Waals surface area contributed by atoms with Crippen molar-refractivity contribution in [1.82, 2.24) is 9.97 Å². The van der Waals surface area contributed by atoms with Crippen molar-refractivity contribution in [2.45, 2.75) is 6.42 Å². The molecule has 0 saturated carbocycles. The van der Waals surface area contributed by atoms with Crippen molar-refractivity contribution >= 4 is 21.9 Å². The Hall–Kier alpha value is -0.900. The van der Waals surface area contributed by atoms with Gasteiger partial charge in [-0.15, -0.1) is 0 Å². The normalized spacial score (nSPS) is 16.2. The van der Waals surface area contributed by atoms with Crippen molar-refractivity contribution in [3.05, 3.63) is 29.0 Å². The third-order valence-corrected chi connectivity index (χ3v) is 2.36. The van der Waals surface area contributed by atoms with Gasteiger partial charge in [0.1, 0.15) is 0 Å². The van der Waals surface area contributed by atoms with Gasteiger partial charge in [0.25, 0.3) is 0 Å². The van der Waals surface area contributed by atoms with Crippen molar-refractivity contribution in [3.63, 3.8) is 0 Å². The van der Waals surface area contributed by atoms with Crippen LogP contribution in [0.4, 0.5) is 5.95 Å². The smallest absolute Gasteiger partial charge is 0.225 e. The zero-order valence-electron chi connectivity index (χ0n) is 7.15. The lowest BCUT2D eigenvalue weighted by molar-refractivity contribution is 0.785. The summed E-state index contributed by atoms with van der Waals surface area (Å²) in [5, 5.41) is 0. The number of hydrogen-bond donors (Lipinski definition) is 0. The van der Waals surface area contributed by atoms with Crippen molar-refractivity contribution in [3.8, 4) is 0 Å². The first-order valence-electron chi connectivity index (χ1n) is 4.24. The van der Waals surface area contributed by atoms with Crippen LogP contribution in [0.25, 0.3) is 0 Å². The summed E-state index contributed by atoms with van der Waals surface area (Å²) in [5.41, 5.74) is 0. The predicted octanol–water partition coefficient (Wildman–Crippen LogP) is 2.01. The van der Waals surface area contributed by atoms with E-state index in [1.54, 1.807) is 12.4 Å². The monoisotopic (exact) mass is 239 g/mol. The van der Waals surface area contributed by atoms with Crippen molar-refractivity contribution in [2.24, 2.45) is 0 Å². The highest BCUT2D eigenvalue weighted by Gasteiger charge is 2.08. The van der Waals surface area contributed by atoms with E-state index in [0.717, 1.165) is 29.9 Å². The SMILES string of the molecule is Brc1cnc(N2CC=CCC2)nc1. The molecule has 4 heteroatoms. The van der Waals surface area contributed by atoms with Crippen LogP contribution in [0.5, 0.6) is 0 Å². The zero-order valence-corrected chi connectivity index (χ0v) is 8.74. The van der Waals surface area contributed by atoms with Crippen LogP contribution in [-0.4, -0.2) is 23.1 Å². The van der Waals surface area contributed by atoms with Crippen LogP contribution in [-0.2, 0) is 0 Å². The van der Waals surface area contributed by atoms with Gasteiger partial charge in [-0.3, -0.25) is 0 Å². The van der Waals surface area contributed by atoms with E-state index in [9.17, 15) is 0 Å². The fourth-order valence-electron chi connectivity index (χ4n) is 1.29. The Balaban J connectivity index is 2.15. The van der Waals surface area contributed by atoms with E-state index in [4.69, 9.17) is 0 Å². The highest BCUT2D eigenvalue weighted by atomic mass is 79.9. The van der Waals surface area contributed by atoms with Crippen molar-refractivity contribution < 1.29 is 0 Å². The highest BCUT2D eigenvalue weighted by molar-refractivity contribution is 9.10. The maximum atomic E-state index is 4.24. The molecule has 1 aromatic heterocycles. The molecule has 3 nitrogen and oxygen atoms in total. The van der Waals surface area contributed by atoms with Gasteiger partial charge in [0.15, 0.2) is 0 Å². The Kier molecular flexibility index (Phi) is 2.59. The molecule has 0 bridgehead atoms. The molecular weight excluding hydrogens is 230 g/mol. The van der Waals surface area contributed by atoms with Crippen molar-refractivity contribution in [2.75, 3.05) is 18.0 Å². The number of hydrogen-bond acceptors (Lipinski definition) is 3. The van der Waals surface area contributed by atoms with Crippen LogP contribution in [0.2, 0.25) is 0 Å². The molecule has 0 unspecified atom stereocenters. The molecule has 0 radical (unpaired) electrons. The number of halogens is 1. The second-order valence-corrected chi connectivity index (χ2v) is 3.82. The summed E-state index contributed by atoms with van der Waals surface area (Å²) in [4.78, 5) is 10.6. The van der Waals surface area contributed by atoms with Crippen LogP contribution < -0.4 is 4.90 Å². The second-order valence-electron chi connectivity index (χ2n) is 2.91. The third-order valence-electron chi connectivity index (χ3n) is 1.95. The Bertz CT molecular complexity index is 307. The minimum Gasteiger partial charge on any atom is -0.337 e. The molecule has 0 N–H and O–H groups in total. The summed E-state index contributed by atoms with van der Waals surface area (Å²) >= 11 is 3.31. The fourth-order valence-corrected chi connectivity index (χ4v) is 1.50. The maximum absolute atomic E-state index is 4.24. The molecule has 0 saturated heterocycles. The van der Waals surface area contributed by atoms with E-state index in [1.807, 2.05) is 0 Å². The summed E-state index contributed by atoms with van der Waals surface area (Å²) in [7, 11) is 0. The minimum atomic E-state index is 0.813. The van der Waals surface area contributed by atoms with Crippen LogP contribution in [0.15, 0.2) is 29.0 Å². The van der Waals surface area contributed by atoms with Crippen molar-refractivity contribution in [1.29, 1.82) is 0 Å². The summed E-state index contributed by atoms with van der Waals surface area (Å²) < 4.78 is 0.920. The number of nitrogens with zero attached hydrogens (tertiary/aromatic N) is 3. The largest absolute Gasteiger partial charge is 0.337 e. The standard InChI is InChI=1S/C9H10BrN3/c10-8-6-11-9(12-7-8)13-4-2-1-3-5-13/h1-2,6-7H,3-5H2. The van der Waals surface area contributed by atoms with E-state index in [2.05, 4.69) is 42.9 Å².